The molecule has 0 amide bonds. The van der Waals surface area contributed by atoms with E-state index in [-0.39, 0.29) is 20.0 Å². The molecule has 0 aliphatic carbocycles. The van der Waals surface area contributed by atoms with Crippen LogP contribution in [-0.2, 0) is 10.1 Å². The minimum atomic E-state index is -4.29. The van der Waals surface area contributed by atoms with Crippen molar-refractivity contribution in [1.29, 1.82) is 0 Å². The van der Waals surface area contributed by atoms with Gasteiger partial charge in [0.1, 0.15) is 9.73 Å². The van der Waals surface area contributed by atoms with E-state index in [0.717, 1.165) is 11.3 Å². The molecule has 0 bridgehead atoms. The highest BCUT2D eigenvalue weighted by molar-refractivity contribution is 7.87. The highest BCUT2D eigenvalue weighted by Crippen LogP contribution is 2.10. The van der Waals surface area contributed by atoms with Gasteiger partial charge in [-0.1, -0.05) is 22.9 Å². The van der Waals surface area contributed by atoms with Crippen molar-refractivity contribution >= 4 is 31.8 Å². The van der Waals surface area contributed by atoms with Crippen LogP contribution < -0.4 is 15.5 Å². The normalized spacial score (nSPS) is 11.6. The van der Waals surface area contributed by atoms with Crippen molar-refractivity contribution in [1.82, 2.24) is 14.7 Å². The third-order valence-electron chi connectivity index (χ3n) is 2.56. The summed E-state index contributed by atoms with van der Waals surface area (Å²) in [5, 5.41) is 0. The Bertz CT molecular complexity index is 1020. The maximum Gasteiger partial charge on any atom is 0.364 e. The largest absolute Gasteiger partial charge is 0.364 e. The van der Waals surface area contributed by atoms with Gasteiger partial charge in [-0.05, 0) is 12.1 Å². The molecule has 2 aromatic heterocycles. The minimum absolute atomic E-state index is 0.0668. The van der Waals surface area contributed by atoms with E-state index in [1.54, 1.807) is 6.07 Å². The molecule has 21 heavy (non-hydrogen) atoms. The Morgan fingerprint density at radius 1 is 1.19 bits per heavy atom. The first-order valence-electron chi connectivity index (χ1n) is 5.57. The number of hydrogen-bond acceptors (Lipinski definition) is 7. The van der Waals surface area contributed by atoms with Crippen molar-refractivity contribution in [2.45, 2.75) is 4.90 Å². The van der Waals surface area contributed by atoms with Gasteiger partial charge in [-0.2, -0.15) is 8.42 Å². The zero-order chi connectivity index (χ0) is 15.0. The molecule has 0 spiro atoms. The minimum Gasteiger partial charge on any atom is -0.294 e. The smallest absolute Gasteiger partial charge is 0.294 e. The number of aromatic amines is 1. The van der Waals surface area contributed by atoms with Crippen molar-refractivity contribution in [3.63, 3.8) is 0 Å². The highest BCUT2D eigenvalue weighted by atomic mass is 32.2. The van der Waals surface area contributed by atoms with Gasteiger partial charge in [-0.3, -0.25) is 14.1 Å². The first-order valence-corrected chi connectivity index (χ1v) is 7.86. The molecule has 3 rings (SSSR count). The molecule has 8 nitrogen and oxygen atoms in total. The molecule has 2 heterocycles. The number of fused-ring (bicyclic) bond motifs is 1. The topological polar surface area (TPSA) is 111 Å². The summed E-state index contributed by atoms with van der Waals surface area (Å²) in [7, 11) is -4.29. The van der Waals surface area contributed by atoms with Gasteiger partial charge >= 0.3 is 21.4 Å². The summed E-state index contributed by atoms with van der Waals surface area (Å²) in [6.07, 6.45) is 0. The van der Waals surface area contributed by atoms with Gasteiger partial charge in [-0.25, -0.2) is 9.78 Å². The molecule has 3 aromatic rings. The van der Waals surface area contributed by atoms with E-state index in [0.29, 0.717) is 0 Å². The third kappa shape index (κ3) is 2.34. The molecule has 0 fully saturated rings. The molecule has 0 saturated carbocycles. The molecule has 0 aliphatic rings. The van der Waals surface area contributed by atoms with E-state index in [2.05, 4.69) is 14.3 Å². The van der Waals surface area contributed by atoms with E-state index in [4.69, 9.17) is 0 Å². The second-order valence-electron chi connectivity index (χ2n) is 3.90. The maximum absolute atomic E-state index is 12.0. The van der Waals surface area contributed by atoms with Crippen LogP contribution in [0, 0.1) is 0 Å². The fourth-order valence-corrected chi connectivity index (χ4v) is 3.19. The molecule has 10 heteroatoms. The van der Waals surface area contributed by atoms with E-state index >= 15 is 0 Å². The predicted molar refractivity (Wildman–Crippen MR) is 74.7 cm³/mol. The zero-order valence-corrected chi connectivity index (χ0v) is 11.8. The lowest BCUT2D eigenvalue weighted by molar-refractivity contribution is 0.253. The van der Waals surface area contributed by atoms with Crippen LogP contribution in [0.1, 0.15) is 0 Å². The van der Waals surface area contributed by atoms with Gasteiger partial charge in [-0.15, -0.1) is 11.3 Å². The molecular formula is C11H7N3O5S2. The predicted octanol–water partition coefficient (Wildman–Crippen LogP) is -0.0362. The maximum atomic E-state index is 12.0. The average Bonchev–Trinajstić information content (AvgIpc) is 2.93. The van der Waals surface area contributed by atoms with E-state index in [1.165, 1.54) is 29.8 Å². The van der Waals surface area contributed by atoms with Gasteiger partial charge in [0.2, 0.25) is 0 Å². The summed E-state index contributed by atoms with van der Waals surface area (Å²) in [6.45, 7) is 0. The second-order valence-corrected chi connectivity index (χ2v) is 6.28. The molecule has 108 valence electrons. The highest BCUT2D eigenvalue weighted by Gasteiger charge is 2.20. The molecule has 0 unspecified atom stereocenters. The van der Waals surface area contributed by atoms with Gasteiger partial charge in [0.25, 0.3) is 0 Å². The Morgan fingerprint density at radius 2 is 1.90 bits per heavy atom. The van der Waals surface area contributed by atoms with E-state index in [9.17, 15) is 18.0 Å². The fourth-order valence-electron chi connectivity index (χ4n) is 1.62. The Kier molecular flexibility index (Phi) is 3.11. The Labute approximate surface area is 121 Å². The zero-order valence-electron chi connectivity index (χ0n) is 10.2. The molecule has 0 atom stereocenters. The standard InChI is InChI=1S/C11H7N3O5S2/c15-10-8-9(20-6-12-8)13-11(16)14(10)19-21(17,18)7-4-2-1-3-5-7/h1-6H,(H,13,16). The number of benzene rings is 1. The summed E-state index contributed by atoms with van der Waals surface area (Å²) in [5.74, 6) is 0. The monoisotopic (exact) mass is 325 g/mol. The van der Waals surface area contributed by atoms with Crippen LogP contribution in [0.25, 0.3) is 10.3 Å². The third-order valence-corrected chi connectivity index (χ3v) is 4.50. The molecular weight excluding hydrogens is 318 g/mol. The first kappa shape index (κ1) is 13.5. The van der Waals surface area contributed by atoms with Crippen molar-refractivity contribution in [3.8, 4) is 0 Å². The van der Waals surface area contributed by atoms with Gasteiger partial charge in [0.15, 0.2) is 5.52 Å². The van der Waals surface area contributed by atoms with Crippen LogP contribution in [0.4, 0.5) is 0 Å². The summed E-state index contributed by atoms with van der Waals surface area (Å²) in [4.78, 5) is 29.9. The van der Waals surface area contributed by atoms with Crippen molar-refractivity contribution < 1.29 is 12.7 Å². The summed E-state index contributed by atoms with van der Waals surface area (Å²) in [6, 6.07) is 7.19. The Hall–Kier alpha value is -2.46. The number of aromatic nitrogens is 3. The van der Waals surface area contributed by atoms with Crippen LogP contribution in [0.2, 0.25) is 0 Å². The number of rotatable bonds is 3. The van der Waals surface area contributed by atoms with Gasteiger partial charge in [0.05, 0.1) is 5.51 Å². The summed E-state index contributed by atoms with van der Waals surface area (Å²) in [5.41, 5.74) is -0.633. The van der Waals surface area contributed by atoms with Crippen LogP contribution in [-0.4, -0.2) is 23.1 Å². The van der Waals surface area contributed by atoms with Crippen molar-refractivity contribution in [2.75, 3.05) is 0 Å². The molecule has 1 aromatic carbocycles. The van der Waals surface area contributed by atoms with Crippen molar-refractivity contribution in [3.05, 3.63) is 56.7 Å². The Morgan fingerprint density at radius 3 is 2.62 bits per heavy atom. The SMILES string of the molecule is O=c1[nH]c2scnc2c(=O)n1OS(=O)(=O)c1ccccc1. The number of nitrogens with zero attached hydrogens (tertiary/aromatic N) is 2. The number of thiazole rings is 1. The lowest BCUT2D eigenvalue weighted by Gasteiger charge is -2.06. The lowest BCUT2D eigenvalue weighted by Crippen LogP contribution is -2.41. The summed E-state index contributed by atoms with van der Waals surface area (Å²) < 4.78 is 28.8. The van der Waals surface area contributed by atoms with E-state index in [1.807, 2.05) is 0 Å². The van der Waals surface area contributed by atoms with Crippen LogP contribution >= 0.6 is 11.3 Å². The quantitative estimate of drug-likeness (QED) is 0.723. The second kappa shape index (κ2) is 4.82. The number of H-pyrrole nitrogens is 1. The molecule has 0 saturated heterocycles. The van der Waals surface area contributed by atoms with Crippen LogP contribution in [0.3, 0.4) is 0 Å². The lowest BCUT2D eigenvalue weighted by atomic mass is 10.4. The average molecular weight is 325 g/mol. The van der Waals surface area contributed by atoms with Crippen LogP contribution in [0.5, 0.6) is 0 Å². The van der Waals surface area contributed by atoms with Gasteiger partial charge < -0.3 is 0 Å². The first-order chi connectivity index (χ1) is 9.99. The molecule has 1 N–H and O–H groups in total. The number of nitrogens with one attached hydrogen (secondary N) is 1. The Balaban J connectivity index is 2.15. The molecule has 0 radical (unpaired) electrons. The van der Waals surface area contributed by atoms with Crippen molar-refractivity contribution in [2.24, 2.45) is 0 Å². The number of hydrogen-bond donors (Lipinski definition) is 1. The van der Waals surface area contributed by atoms with Crippen LogP contribution in [0.15, 0.2) is 50.3 Å². The van der Waals surface area contributed by atoms with Gasteiger partial charge in [0, 0.05) is 0 Å². The molecule has 0 aliphatic heterocycles. The fraction of sp³-hybridized carbons (Fsp3) is 0. The summed E-state index contributed by atoms with van der Waals surface area (Å²) >= 11 is 1.05. The van der Waals surface area contributed by atoms with E-state index < -0.39 is 21.4 Å².